The van der Waals surface area contributed by atoms with Gasteiger partial charge in [0.15, 0.2) is 0 Å². The molecule has 1 heterocycles. The topological polar surface area (TPSA) is 45.5 Å². The van der Waals surface area contributed by atoms with E-state index in [4.69, 9.17) is 4.42 Å². The van der Waals surface area contributed by atoms with Gasteiger partial charge >= 0.3 is 0 Å². The van der Waals surface area contributed by atoms with E-state index in [1.165, 1.54) is 0 Å². The van der Waals surface area contributed by atoms with E-state index in [9.17, 15) is 4.79 Å². The van der Waals surface area contributed by atoms with Gasteiger partial charge in [-0.05, 0) is 49.2 Å². The highest BCUT2D eigenvalue weighted by atomic mass is 16.3. The van der Waals surface area contributed by atoms with E-state index in [-0.39, 0.29) is 11.9 Å². The molecule has 2 rings (SSSR count). The lowest BCUT2D eigenvalue weighted by Crippen LogP contribution is -2.34. The Morgan fingerprint density at radius 2 is 1.95 bits per heavy atom. The third kappa shape index (κ3) is 3.63. The molecule has 0 fully saturated rings. The Kier molecular flexibility index (Phi) is 4.45. The zero-order valence-electron chi connectivity index (χ0n) is 12.1. The van der Waals surface area contributed by atoms with E-state index < -0.39 is 0 Å². The van der Waals surface area contributed by atoms with Crippen LogP contribution in [0.2, 0.25) is 0 Å². The zero-order chi connectivity index (χ0) is 14.5. The summed E-state index contributed by atoms with van der Waals surface area (Å²) < 4.78 is 5.02. The van der Waals surface area contributed by atoms with Crippen molar-refractivity contribution in [1.82, 2.24) is 5.32 Å². The molecular weight excluding hydrogens is 252 g/mol. The van der Waals surface area contributed by atoms with Crippen molar-refractivity contribution in [3.05, 3.63) is 54.0 Å². The summed E-state index contributed by atoms with van der Waals surface area (Å²) in [6, 6.07) is 9.54. The second-order valence-corrected chi connectivity index (χ2v) is 5.15. The predicted octanol–water partition coefficient (Wildman–Crippen LogP) is 2.71. The van der Waals surface area contributed by atoms with E-state index in [0.29, 0.717) is 5.56 Å². The second-order valence-electron chi connectivity index (χ2n) is 5.15. The van der Waals surface area contributed by atoms with Crippen molar-refractivity contribution in [2.75, 3.05) is 19.0 Å². The summed E-state index contributed by atoms with van der Waals surface area (Å²) in [5.41, 5.74) is 2.84. The maximum atomic E-state index is 12.1. The first-order chi connectivity index (χ1) is 9.56. The molecule has 2 aromatic rings. The van der Waals surface area contributed by atoms with Crippen LogP contribution in [0, 0.1) is 0 Å². The fourth-order valence-corrected chi connectivity index (χ4v) is 2.03. The lowest BCUT2D eigenvalue weighted by molar-refractivity contribution is 0.0940. The fraction of sp³-hybridized carbons (Fsp3) is 0.312. The molecule has 0 aliphatic heterocycles. The highest BCUT2D eigenvalue weighted by molar-refractivity contribution is 5.94. The van der Waals surface area contributed by atoms with Crippen LogP contribution in [-0.4, -0.2) is 26.0 Å². The molecule has 1 aromatic carbocycles. The third-order valence-electron chi connectivity index (χ3n) is 3.15. The van der Waals surface area contributed by atoms with Crippen molar-refractivity contribution in [2.24, 2.45) is 0 Å². The van der Waals surface area contributed by atoms with Crippen LogP contribution in [0.4, 0.5) is 5.69 Å². The van der Waals surface area contributed by atoms with Crippen molar-refractivity contribution in [3.8, 4) is 0 Å². The van der Waals surface area contributed by atoms with Crippen molar-refractivity contribution in [2.45, 2.75) is 19.4 Å². The van der Waals surface area contributed by atoms with E-state index in [1.807, 2.05) is 56.3 Å². The summed E-state index contributed by atoms with van der Waals surface area (Å²) in [5, 5.41) is 2.99. The number of amides is 1. The number of nitrogens with one attached hydrogen (secondary N) is 1. The van der Waals surface area contributed by atoms with E-state index in [2.05, 4.69) is 5.32 Å². The van der Waals surface area contributed by atoms with Crippen LogP contribution in [0.15, 0.2) is 47.3 Å². The number of hydrogen-bond acceptors (Lipinski definition) is 3. The molecule has 1 N–H and O–H groups in total. The van der Waals surface area contributed by atoms with Gasteiger partial charge in [-0.25, -0.2) is 0 Å². The Morgan fingerprint density at radius 1 is 1.25 bits per heavy atom. The minimum absolute atomic E-state index is 0.0497. The van der Waals surface area contributed by atoms with Crippen LogP contribution in [0.5, 0.6) is 0 Å². The molecule has 1 atom stereocenters. The minimum atomic E-state index is -0.0497. The van der Waals surface area contributed by atoms with Gasteiger partial charge in [0.1, 0.15) is 0 Å². The van der Waals surface area contributed by atoms with Crippen molar-refractivity contribution < 1.29 is 9.21 Å². The summed E-state index contributed by atoms with van der Waals surface area (Å²) in [6.07, 6.45) is 4.11. The molecule has 0 bridgehead atoms. The first-order valence-corrected chi connectivity index (χ1v) is 6.65. The molecule has 4 heteroatoms. The Bertz CT molecular complexity index is 544. The molecule has 0 saturated heterocycles. The van der Waals surface area contributed by atoms with Crippen molar-refractivity contribution >= 4 is 11.6 Å². The zero-order valence-corrected chi connectivity index (χ0v) is 12.1. The fourth-order valence-electron chi connectivity index (χ4n) is 2.03. The number of nitrogens with zero attached hydrogens (tertiary/aromatic N) is 1. The van der Waals surface area contributed by atoms with Gasteiger partial charge in [-0.2, -0.15) is 0 Å². The van der Waals surface area contributed by atoms with Crippen LogP contribution < -0.4 is 10.2 Å². The molecule has 0 aliphatic carbocycles. The maximum Gasteiger partial charge on any atom is 0.251 e. The van der Waals surface area contributed by atoms with Crippen LogP contribution in [0.3, 0.4) is 0 Å². The van der Waals surface area contributed by atoms with Crippen LogP contribution in [-0.2, 0) is 6.42 Å². The number of hydrogen-bond donors (Lipinski definition) is 1. The Labute approximate surface area is 119 Å². The van der Waals surface area contributed by atoms with E-state index >= 15 is 0 Å². The Hall–Kier alpha value is -2.23. The number of rotatable bonds is 5. The largest absolute Gasteiger partial charge is 0.472 e. The van der Waals surface area contributed by atoms with Gasteiger partial charge in [0.05, 0.1) is 12.5 Å². The van der Waals surface area contributed by atoms with Crippen LogP contribution in [0.1, 0.15) is 22.8 Å². The molecule has 1 aromatic heterocycles. The number of furan rings is 1. The van der Waals surface area contributed by atoms with Gasteiger partial charge in [-0.3, -0.25) is 4.79 Å². The van der Waals surface area contributed by atoms with Crippen molar-refractivity contribution in [3.63, 3.8) is 0 Å². The van der Waals surface area contributed by atoms with Crippen molar-refractivity contribution in [1.29, 1.82) is 0 Å². The maximum absolute atomic E-state index is 12.1. The number of carbonyl (C=O) groups excluding carboxylic acids is 1. The molecule has 0 radical (unpaired) electrons. The quantitative estimate of drug-likeness (QED) is 0.910. The van der Waals surface area contributed by atoms with Crippen LogP contribution >= 0.6 is 0 Å². The van der Waals surface area contributed by atoms with Gasteiger partial charge < -0.3 is 14.6 Å². The van der Waals surface area contributed by atoms with Gasteiger partial charge in [-0.15, -0.1) is 0 Å². The van der Waals surface area contributed by atoms with E-state index in [1.54, 1.807) is 12.5 Å². The standard InChI is InChI=1S/C16H20N2O2/c1-12(10-13-8-9-20-11-13)17-16(19)14-4-6-15(7-5-14)18(2)3/h4-9,11-12H,10H2,1-3H3,(H,17,19). The van der Waals surface area contributed by atoms with Gasteiger partial charge in [0, 0.05) is 31.4 Å². The van der Waals surface area contributed by atoms with Gasteiger partial charge in [0.2, 0.25) is 0 Å². The second kappa shape index (κ2) is 6.28. The predicted molar refractivity (Wildman–Crippen MR) is 80.1 cm³/mol. The highest BCUT2D eigenvalue weighted by Crippen LogP contribution is 2.12. The highest BCUT2D eigenvalue weighted by Gasteiger charge is 2.11. The summed E-state index contributed by atoms with van der Waals surface area (Å²) >= 11 is 0. The first kappa shape index (κ1) is 14.2. The smallest absolute Gasteiger partial charge is 0.251 e. The molecule has 0 saturated carbocycles. The lowest BCUT2D eigenvalue weighted by atomic mass is 10.1. The Balaban J connectivity index is 1.93. The molecule has 1 unspecified atom stereocenters. The summed E-state index contributed by atoms with van der Waals surface area (Å²) in [5.74, 6) is -0.0497. The summed E-state index contributed by atoms with van der Waals surface area (Å²) in [7, 11) is 3.95. The SMILES string of the molecule is CC(Cc1ccoc1)NC(=O)c1ccc(N(C)C)cc1. The average Bonchev–Trinajstić information content (AvgIpc) is 2.91. The van der Waals surface area contributed by atoms with Crippen LogP contribution in [0.25, 0.3) is 0 Å². The molecule has 0 spiro atoms. The van der Waals surface area contributed by atoms with Gasteiger partial charge in [0.25, 0.3) is 5.91 Å². The van der Waals surface area contributed by atoms with Gasteiger partial charge in [-0.1, -0.05) is 0 Å². The van der Waals surface area contributed by atoms with E-state index in [0.717, 1.165) is 17.7 Å². The first-order valence-electron chi connectivity index (χ1n) is 6.65. The molecule has 0 aliphatic rings. The summed E-state index contributed by atoms with van der Waals surface area (Å²) in [6.45, 7) is 1.99. The molecule has 1 amide bonds. The number of benzene rings is 1. The monoisotopic (exact) mass is 272 g/mol. The minimum Gasteiger partial charge on any atom is -0.472 e. The Morgan fingerprint density at radius 3 is 2.50 bits per heavy atom. The number of carbonyl (C=O) groups is 1. The third-order valence-corrected chi connectivity index (χ3v) is 3.15. The summed E-state index contributed by atoms with van der Waals surface area (Å²) in [4.78, 5) is 14.1. The molecular formula is C16H20N2O2. The normalized spacial score (nSPS) is 11.9. The number of anilines is 1. The average molecular weight is 272 g/mol. The molecule has 4 nitrogen and oxygen atoms in total. The molecule has 106 valence electrons. The lowest BCUT2D eigenvalue weighted by Gasteiger charge is -2.15. The molecule has 20 heavy (non-hydrogen) atoms.